The molecule has 3 aromatic rings. The summed E-state index contributed by atoms with van der Waals surface area (Å²) in [5, 5.41) is 4.02. The molecule has 8 heteroatoms. The van der Waals surface area contributed by atoms with Crippen LogP contribution in [0, 0.1) is 5.82 Å². The van der Waals surface area contributed by atoms with Crippen LogP contribution in [0.4, 0.5) is 4.39 Å². The van der Waals surface area contributed by atoms with E-state index in [2.05, 4.69) is 10.3 Å². The summed E-state index contributed by atoms with van der Waals surface area (Å²) in [5.74, 6) is 0.357. The van der Waals surface area contributed by atoms with Gasteiger partial charge in [-0.1, -0.05) is 29.3 Å². The van der Waals surface area contributed by atoms with Crippen molar-refractivity contribution in [1.29, 1.82) is 0 Å². The number of nitrogens with zero attached hydrogens (tertiary/aromatic N) is 1. The number of hydrogen-bond donors (Lipinski definition) is 1. The van der Waals surface area contributed by atoms with Crippen molar-refractivity contribution in [3.8, 4) is 11.6 Å². The van der Waals surface area contributed by atoms with Gasteiger partial charge in [0.15, 0.2) is 0 Å². The summed E-state index contributed by atoms with van der Waals surface area (Å²) < 4.78 is 24.3. The summed E-state index contributed by atoms with van der Waals surface area (Å²) in [6, 6.07) is 14.4. The molecule has 5 nitrogen and oxygen atoms in total. The number of ether oxygens (including phenoxy) is 2. The quantitative estimate of drug-likeness (QED) is 0.498. The van der Waals surface area contributed by atoms with Crippen LogP contribution in [0.2, 0.25) is 10.0 Å². The van der Waals surface area contributed by atoms with Crippen molar-refractivity contribution in [2.24, 2.45) is 0 Å². The second-order valence-electron chi connectivity index (χ2n) is 7.56. The van der Waals surface area contributed by atoms with Gasteiger partial charge in [0, 0.05) is 42.1 Å². The van der Waals surface area contributed by atoms with E-state index >= 15 is 0 Å². The highest BCUT2D eigenvalue weighted by Gasteiger charge is 2.42. The van der Waals surface area contributed by atoms with Crippen LogP contribution in [0.25, 0.3) is 0 Å². The molecule has 1 aliphatic heterocycles. The normalized spacial score (nSPS) is 15.2. The second-order valence-corrected chi connectivity index (χ2v) is 8.40. The number of hydrogen-bond acceptors (Lipinski definition) is 4. The fraction of sp³-hybridized carbons (Fsp3) is 0.250. The molecule has 0 spiro atoms. The van der Waals surface area contributed by atoms with Crippen molar-refractivity contribution >= 4 is 29.1 Å². The summed E-state index contributed by atoms with van der Waals surface area (Å²) in [6.45, 7) is 1.23. The molecule has 166 valence electrons. The second kappa shape index (κ2) is 9.86. The SMILES string of the molecule is O=C(NCc1ccnc(Oc2ccc(F)cc2)c1)C1(c2ccc(Cl)cc2Cl)CCOCC1. The van der Waals surface area contributed by atoms with Gasteiger partial charge in [-0.05, 0) is 66.4 Å². The Labute approximate surface area is 195 Å². The van der Waals surface area contributed by atoms with Gasteiger partial charge in [-0.3, -0.25) is 4.79 Å². The fourth-order valence-electron chi connectivity index (χ4n) is 3.81. The summed E-state index contributed by atoms with van der Waals surface area (Å²) in [5.41, 5.74) is 0.773. The Morgan fingerprint density at radius 1 is 1.09 bits per heavy atom. The molecule has 0 atom stereocenters. The van der Waals surface area contributed by atoms with E-state index in [4.69, 9.17) is 32.7 Å². The maximum Gasteiger partial charge on any atom is 0.231 e. The van der Waals surface area contributed by atoms with Crippen LogP contribution in [-0.2, 0) is 21.5 Å². The highest BCUT2D eigenvalue weighted by Crippen LogP contribution is 2.40. The standard InChI is InChI=1S/C24H21Cl2FN2O3/c25-17-1-6-20(21(26)14-17)24(8-11-31-12-9-24)23(30)29-15-16-7-10-28-22(13-16)32-19-4-2-18(27)3-5-19/h1-7,10,13-14H,8-9,11-12,15H2,(H,29,30). The maximum absolute atomic E-state index is 13.4. The number of amides is 1. The van der Waals surface area contributed by atoms with Gasteiger partial charge in [-0.2, -0.15) is 0 Å². The Bertz CT molecular complexity index is 1100. The number of aromatic nitrogens is 1. The fourth-order valence-corrected chi connectivity index (χ4v) is 4.40. The van der Waals surface area contributed by atoms with E-state index in [1.807, 2.05) is 6.07 Å². The van der Waals surface area contributed by atoms with Gasteiger partial charge in [0.25, 0.3) is 0 Å². The number of rotatable bonds is 6. The Balaban J connectivity index is 1.49. The van der Waals surface area contributed by atoms with Crippen molar-refractivity contribution in [1.82, 2.24) is 10.3 Å². The Kier molecular flexibility index (Phi) is 6.94. The Hall–Kier alpha value is -2.67. The highest BCUT2D eigenvalue weighted by atomic mass is 35.5. The molecule has 1 fully saturated rings. The largest absolute Gasteiger partial charge is 0.439 e. The van der Waals surface area contributed by atoms with Crippen molar-refractivity contribution in [3.63, 3.8) is 0 Å². The number of carbonyl (C=O) groups is 1. The smallest absolute Gasteiger partial charge is 0.231 e. The molecule has 4 rings (SSSR count). The van der Waals surface area contributed by atoms with Crippen molar-refractivity contribution in [2.75, 3.05) is 13.2 Å². The zero-order chi connectivity index (χ0) is 22.6. The number of carbonyl (C=O) groups excluding carboxylic acids is 1. The molecular weight excluding hydrogens is 454 g/mol. The monoisotopic (exact) mass is 474 g/mol. The Morgan fingerprint density at radius 2 is 1.84 bits per heavy atom. The molecule has 0 bridgehead atoms. The molecule has 1 N–H and O–H groups in total. The summed E-state index contributed by atoms with van der Waals surface area (Å²) in [7, 11) is 0. The van der Waals surface area contributed by atoms with Gasteiger partial charge in [-0.25, -0.2) is 9.37 Å². The maximum atomic E-state index is 13.4. The molecule has 1 amide bonds. The lowest BCUT2D eigenvalue weighted by molar-refractivity contribution is -0.130. The average molecular weight is 475 g/mol. The molecule has 0 radical (unpaired) electrons. The number of halogens is 3. The molecule has 0 unspecified atom stereocenters. The molecule has 0 aliphatic carbocycles. The minimum absolute atomic E-state index is 0.122. The number of pyridine rings is 1. The van der Waals surface area contributed by atoms with Crippen LogP contribution in [0.1, 0.15) is 24.0 Å². The molecule has 1 aromatic heterocycles. The third kappa shape index (κ3) is 5.04. The first-order chi connectivity index (χ1) is 15.5. The zero-order valence-corrected chi connectivity index (χ0v) is 18.6. The summed E-state index contributed by atoms with van der Waals surface area (Å²) >= 11 is 12.5. The van der Waals surface area contributed by atoms with Crippen LogP contribution in [0.3, 0.4) is 0 Å². The highest BCUT2D eigenvalue weighted by molar-refractivity contribution is 6.35. The predicted molar refractivity (Wildman–Crippen MR) is 121 cm³/mol. The molecule has 1 saturated heterocycles. The lowest BCUT2D eigenvalue weighted by Gasteiger charge is -2.37. The minimum Gasteiger partial charge on any atom is -0.439 e. The summed E-state index contributed by atoms with van der Waals surface area (Å²) in [6.07, 6.45) is 2.64. The van der Waals surface area contributed by atoms with E-state index < -0.39 is 5.41 Å². The van der Waals surface area contributed by atoms with E-state index in [0.717, 1.165) is 11.1 Å². The van der Waals surface area contributed by atoms with Crippen LogP contribution in [0.15, 0.2) is 60.8 Å². The topological polar surface area (TPSA) is 60.5 Å². The molecular formula is C24H21Cl2FN2O3. The third-order valence-electron chi connectivity index (χ3n) is 5.52. The lowest BCUT2D eigenvalue weighted by Crippen LogP contribution is -2.48. The number of benzene rings is 2. The first kappa shape index (κ1) is 22.5. The summed E-state index contributed by atoms with van der Waals surface area (Å²) in [4.78, 5) is 17.6. The lowest BCUT2D eigenvalue weighted by atomic mass is 9.73. The first-order valence-corrected chi connectivity index (χ1v) is 10.9. The van der Waals surface area contributed by atoms with Crippen LogP contribution in [0.5, 0.6) is 11.6 Å². The zero-order valence-electron chi connectivity index (χ0n) is 17.1. The van der Waals surface area contributed by atoms with E-state index in [0.29, 0.717) is 47.7 Å². The minimum atomic E-state index is -0.791. The van der Waals surface area contributed by atoms with E-state index in [9.17, 15) is 9.18 Å². The molecule has 2 aromatic carbocycles. The molecule has 0 saturated carbocycles. The van der Waals surface area contributed by atoms with Crippen LogP contribution in [-0.4, -0.2) is 24.1 Å². The van der Waals surface area contributed by atoms with Gasteiger partial charge >= 0.3 is 0 Å². The number of nitrogens with one attached hydrogen (secondary N) is 1. The van der Waals surface area contributed by atoms with E-state index in [1.54, 1.807) is 30.5 Å². The first-order valence-electron chi connectivity index (χ1n) is 10.2. The van der Waals surface area contributed by atoms with Crippen molar-refractivity contribution in [2.45, 2.75) is 24.8 Å². The van der Waals surface area contributed by atoms with E-state index in [-0.39, 0.29) is 18.3 Å². The van der Waals surface area contributed by atoms with Gasteiger partial charge in [0.2, 0.25) is 11.8 Å². The third-order valence-corrected chi connectivity index (χ3v) is 6.06. The van der Waals surface area contributed by atoms with Crippen molar-refractivity contribution in [3.05, 3.63) is 87.8 Å². The average Bonchev–Trinajstić information content (AvgIpc) is 2.80. The van der Waals surface area contributed by atoms with Gasteiger partial charge in [0.1, 0.15) is 11.6 Å². The van der Waals surface area contributed by atoms with Crippen LogP contribution < -0.4 is 10.1 Å². The van der Waals surface area contributed by atoms with Crippen LogP contribution >= 0.6 is 23.2 Å². The Morgan fingerprint density at radius 3 is 2.56 bits per heavy atom. The van der Waals surface area contributed by atoms with Gasteiger partial charge in [-0.15, -0.1) is 0 Å². The van der Waals surface area contributed by atoms with Gasteiger partial charge < -0.3 is 14.8 Å². The molecule has 32 heavy (non-hydrogen) atoms. The predicted octanol–water partition coefficient (Wildman–Crippen LogP) is 5.68. The molecule has 1 aliphatic rings. The van der Waals surface area contributed by atoms with Crippen molar-refractivity contribution < 1.29 is 18.7 Å². The van der Waals surface area contributed by atoms with Gasteiger partial charge in [0.05, 0.1) is 5.41 Å². The molecule has 2 heterocycles. The van der Waals surface area contributed by atoms with E-state index in [1.165, 1.54) is 24.3 Å².